The lowest BCUT2D eigenvalue weighted by molar-refractivity contribution is -0.0287. The Morgan fingerprint density at radius 3 is 2.62 bits per heavy atom. The lowest BCUT2D eigenvalue weighted by Crippen LogP contribution is -2.50. The third-order valence-electron chi connectivity index (χ3n) is 2.97. The van der Waals surface area contributed by atoms with Gasteiger partial charge in [-0.25, -0.2) is 0 Å². The molecule has 2 fully saturated rings. The van der Waals surface area contributed by atoms with Crippen LogP contribution in [0.5, 0.6) is 0 Å². The molecule has 0 spiro atoms. The van der Waals surface area contributed by atoms with Crippen LogP contribution in [-0.2, 0) is 4.74 Å². The molecule has 0 saturated carbocycles. The molecule has 0 radical (unpaired) electrons. The molecule has 0 aromatic heterocycles. The molecule has 78 valence electrons. The van der Waals surface area contributed by atoms with Crippen molar-refractivity contribution in [2.75, 3.05) is 26.3 Å². The second kappa shape index (κ2) is 4.40. The van der Waals surface area contributed by atoms with E-state index in [1.54, 1.807) is 0 Å². The first-order valence-corrected chi connectivity index (χ1v) is 5.28. The summed E-state index contributed by atoms with van der Waals surface area (Å²) in [5, 5.41) is 9.22. The highest BCUT2D eigenvalue weighted by molar-refractivity contribution is 5.04. The molecule has 3 heteroatoms. The molecule has 2 saturated heterocycles. The molecular weight excluding hydrogens is 166 g/mol. The Balaban J connectivity index is 0.000000396. The molecule has 13 heavy (non-hydrogen) atoms. The predicted octanol–water partition coefficient (Wildman–Crippen LogP) is 0.868. The average Bonchev–Trinajstić information content (AvgIpc) is 2.78. The van der Waals surface area contributed by atoms with Crippen LogP contribution >= 0.6 is 0 Å². The number of aliphatic hydroxyl groups is 1. The van der Waals surface area contributed by atoms with E-state index < -0.39 is 0 Å². The van der Waals surface area contributed by atoms with Gasteiger partial charge in [0.1, 0.15) is 0 Å². The van der Waals surface area contributed by atoms with Crippen LogP contribution < -0.4 is 0 Å². The zero-order chi connectivity index (χ0) is 9.90. The summed E-state index contributed by atoms with van der Waals surface area (Å²) < 4.78 is 5.48. The van der Waals surface area contributed by atoms with Gasteiger partial charge in [-0.15, -0.1) is 0 Å². The Labute approximate surface area is 80.7 Å². The highest BCUT2D eigenvalue weighted by atomic mass is 16.5. The minimum absolute atomic E-state index is 0.0145. The van der Waals surface area contributed by atoms with E-state index in [0.717, 1.165) is 26.1 Å². The van der Waals surface area contributed by atoms with Gasteiger partial charge in [-0.05, 0) is 13.0 Å². The fourth-order valence-corrected chi connectivity index (χ4v) is 2.27. The van der Waals surface area contributed by atoms with Crippen LogP contribution in [0.15, 0.2) is 0 Å². The van der Waals surface area contributed by atoms with Crippen molar-refractivity contribution in [2.24, 2.45) is 0 Å². The first-order valence-electron chi connectivity index (χ1n) is 5.28. The summed E-state index contributed by atoms with van der Waals surface area (Å²) in [7, 11) is 0. The van der Waals surface area contributed by atoms with E-state index in [0.29, 0.717) is 6.10 Å². The third-order valence-corrected chi connectivity index (χ3v) is 2.97. The van der Waals surface area contributed by atoms with Crippen molar-refractivity contribution >= 4 is 0 Å². The molecule has 3 nitrogen and oxygen atoms in total. The molecule has 2 rings (SSSR count). The molecule has 2 heterocycles. The summed E-state index contributed by atoms with van der Waals surface area (Å²) in [5.41, 5.74) is -0.0145. The summed E-state index contributed by atoms with van der Waals surface area (Å²) >= 11 is 0. The number of hydrogen-bond acceptors (Lipinski definition) is 3. The van der Waals surface area contributed by atoms with Gasteiger partial charge < -0.3 is 9.84 Å². The summed E-state index contributed by atoms with van der Waals surface area (Å²) in [5.74, 6) is 0. The lowest BCUT2D eigenvalue weighted by atomic mass is 10.0. The summed E-state index contributed by atoms with van der Waals surface area (Å²) in [4.78, 5) is 2.33. The highest BCUT2D eigenvalue weighted by Crippen LogP contribution is 2.37. The van der Waals surface area contributed by atoms with Crippen molar-refractivity contribution in [3.63, 3.8) is 0 Å². The monoisotopic (exact) mass is 187 g/mol. The van der Waals surface area contributed by atoms with Crippen LogP contribution in [0.4, 0.5) is 0 Å². The van der Waals surface area contributed by atoms with Crippen LogP contribution in [-0.4, -0.2) is 48.0 Å². The maximum atomic E-state index is 9.22. The largest absolute Gasteiger partial charge is 0.394 e. The van der Waals surface area contributed by atoms with Crippen LogP contribution in [0.1, 0.15) is 27.2 Å². The normalized spacial score (nSPS) is 37.4. The Hall–Kier alpha value is -0.120. The smallest absolute Gasteiger partial charge is 0.0722 e. The minimum atomic E-state index is -0.0145. The van der Waals surface area contributed by atoms with Gasteiger partial charge in [-0.3, -0.25) is 4.90 Å². The zero-order valence-corrected chi connectivity index (χ0v) is 8.92. The third kappa shape index (κ3) is 1.73. The van der Waals surface area contributed by atoms with Gasteiger partial charge >= 0.3 is 0 Å². The summed E-state index contributed by atoms with van der Waals surface area (Å²) in [6, 6.07) is 0. The van der Waals surface area contributed by atoms with Crippen LogP contribution in [0.3, 0.4) is 0 Å². The topological polar surface area (TPSA) is 32.7 Å². The van der Waals surface area contributed by atoms with Gasteiger partial charge in [-0.1, -0.05) is 20.8 Å². The number of aliphatic hydroxyl groups excluding tert-OH is 1. The molecule has 0 aromatic carbocycles. The Bertz CT molecular complexity index is 163. The van der Waals surface area contributed by atoms with E-state index in [4.69, 9.17) is 4.74 Å². The van der Waals surface area contributed by atoms with Crippen molar-refractivity contribution in [1.29, 1.82) is 0 Å². The highest BCUT2D eigenvalue weighted by Gasteiger charge is 2.50. The van der Waals surface area contributed by atoms with Crippen molar-refractivity contribution in [1.82, 2.24) is 4.90 Å². The molecular formula is C10H21NO2. The second-order valence-corrected chi connectivity index (χ2v) is 3.56. The fourth-order valence-electron chi connectivity index (χ4n) is 2.27. The number of rotatable bonds is 2. The molecule has 0 aliphatic carbocycles. The summed E-state index contributed by atoms with van der Waals surface area (Å²) in [6.45, 7) is 9.15. The predicted molar refractivity (Wildman–Crippen MR) is 52.8 cm³/mol. The van der Waals surface area contributed by atoms with Gasteiger partial charge in [0.25, 0.3) is 0 Å². The van der Waals surface area contributed by atoms with Gasteiger partial charge in [0, 0.05) is 6.54 Å². The SMILES string of the molecule is CC.CCN1CC2CC1(CO)CO2. The minimum Gasteiger partial charge on any atom is -0.394 e. The first kappa shape index (κ1) is 11.0. The molecule has 2 atom stereocenters. The summed E-state index contributed by atoms with van der Waals surface area (Å²) in [6.07, 6.45) is 1.42. The van der Waals surface area contributed by atoms with Crippen LogP contribution in [0, 0.1) is 0 Å². The maximum Gasteiger partial charge on any atom is 0.0722 e. The number of fused-ring (bicyclic) bond motifs is 2. The van der Waals surface area contributed by atoms with E-state index >= 15 is 0 Å². The molecule has 2 aliphatic rings. The van der Waals surface area contributed by atoms with E-state index in [1.807, 2.05) is 13.8 Å². The van der Waals surface area contributed by atoms with Gasteiger partial charge in [-0.2, -0.15) is 0 Å². The van der Waals surface area contributed by atoms with Crippen molar-refractivity contribution in [3.05, 3.63) is 0 Å². The van der Waals surface area contributed by atoms with E-state index in [-0.39, 0.29) is 12.1 Å². The Kier molecular flexibility index (Phi) is 3.71. The van der Waals surface area contributed by atoms with Gasteiger partial charge in [0.2, 0.25) is 0 Å². The molecule has 0 amide bonds. The van der Waals surface area contributed by atoms with Crippen LogP contribution in [0.25, 0.3) is 0 Å². The number of likely N-dealkylation sites (N-methyl/N-ethyl adjacent to an activating group) is 1. The number of ether oxygens (including phenoxy) is 1. The fraction of sp³-hybridized carbons (Fsp3) is 1.00. The first-order chi connectivity index (χ1) is 6.30. The van der Waals surface area contributed by atoms with Gasteiger partial charge in [0.15, 0.2) is 0 Å². The zero-order valence-electron chi connectivity index (χ0n) is 8.92. The van der Waals surface area contributed by atoms with Crippen molar-refractivity contribution in [3.8, 4) is 0 Å². The van der Waals surface area contributed by atoms with E-state index in [2.05, 4.69) is 11.8 Å². The molecule has 2 bridgehead atoms. The molecule has 2 aliphatic heterocycles. The average molecular weight is 187 g/mol. The lowest BCUT2D eigenvalue weighted by Gasteiger charge is -2.35. The molecule has 0 aromatic rings. The van der Waals surface area contributed by atoms with Crippen molar-refractivity contribution in [2.45, 2.75) is 38.8 Å². The van der Waals surface area contributed by atoms with E-state index in [9.17, 15) is 5.11 Å². The Morgan fingerprint density at radius 1 is 1.54 bits per heavy atom. The van der Waals surface area contributed by atoms with Crippen molar-refractivity contribution < 1.29 is 9.84 Å². The number of hydrogen-bond donors (Lipinski definition) is 1. The quantitative estimate of drug-likeness (QED) is 0.696. The number of nitrogens with zero attached hydrogens (tertiary/aromatic N) is 1. The second-order valence-electron chi connectivity index (χ2n) is 3.56. The number of morpholine rings is 1. The maximum absolute atomic E-state index is 9.22. The number of likely N-dealkylation sites (tertiary alicyclic amines) is 1. The molecule has 2 unspecified atom stereocenters. The van der Waals surface area contributed by atoms with Crippen LogP contribution in [0.2, 0.25) is 0 Å². The van der Waals surface area contributed by atoms with Gasteiger partial charge in [0.05, 0.1) is 24.9 Å². The standard InChI is InChI=1S/C8H15NO2.C2H6/c1-2-9-4-7-3-8(9,5-10)6-11-7;1-2/h7,10H,2-6H2,1H3;1-2H3. The Morgan fingerprint density at radius 2 is 2.23 bits per heavy atom. The van der Waals surface area contributed by atoms with E-state index in [1.165, 1.54) is 0 Å². The molecule has 1 N–H and O–H groups in total.